The monoisotopic (exact) mass is 443 g/mol. The minimum Gasteiger partial charge on any atom is -0.457 e. The summed E-state index contributed by atoms with van der Waals surface area (Å²) in [7, 11) is 0. The lowest BCUT2D eigenvalue weighted by molar-refractivity contribution is -0.137. The summed E-state index contributed by atoms with van der Waals surface area (Å²) >= 11 is 0. The molecule has 1 aliphatic heterocycles. The number of rotatable bonds is 6. The van der Waals surface area contributed by atoms with Crippen molar-refractivity contribution in [3.05, 3.63) is 60.4 Å². The van der Waals surface area contributed by atoms with E-state index in [1.54, 1.807) is 24.3 Å². The number of aromatic nitrogens is 2. The van der Waals surface area contributed by atoms with E-state index < -0.39 is 11.7 Å². The van der Waals surface area contributed by atoms with Gasteiger partial charge >= 0.3 is 6.18 Å². The first-order chi connectivity index (χ1) is 15.4. The molecule has 0 spiro atoms. The summed E-state index contributed by atoms with van der Waals surface area (Å²) in [6.07, 6.45) is -0.796. The fraction of sp³-hybridized carbons (Fsp3) is 0.304. The smallest absolute Gasteiger partial charge is 0.416 e. The number of nitrogens with zero attached hydrogens (tertiary/aromatic N) is 2. The third kappa shape index (κ3) is 5.28. The molecule has 1 aromatic heterocycles. The number of nitrogen functional groups attached to an aromatic ring is 1. The number of benzene rings is 2. The lowest BCUT2D eigenvalue weighted by atomic mass is 9.98. The van der Waals surface area contributed by atoms with Crippen molar-refractivity contribution < 1.29 is 17.9 Å². The molecule has 4 rings (SSSR count). The molecule has 0 bridgehead atoms. The van der Waals surface area contributed by atoms with E-state index in [1.807, 2.05) is 0 Å². The van der Waals surface area contributed by atoms with E-state index in [0.717, 1.165) is 50.2 Å². The minimum absolute atomic E-state index is 0.111. The van der Waals surface area contributed by atoms with Crippen molar-refractivity contribution in [1.82, 2.24) is 15.3 Å². The van der Waals surface area contributed by atoms with Crippen molar-refractivity contribution in [3.8, 4) is 22.6 Å². The number of nitrogens with one attached hydrogen (secondary N) is 2. The average molecular weight is 443 g/mol. The lowest BCUT2D eigenvalue weighted by Gasteiger charge is -2.23. The van der Waals surface area contributed by atoms with E-state index in [4.69, 9.17) is 10.5 Å². The van der Waals surface area contributed by atoms with Crippen molar-refractivity contribution in [1.29, 1.82) is 0 Å². The first-order valence-corrected chi connectivity index (χ1v) is 10.4. The number of alkyl halides is 3. The molecule has 32 heavy (non-hydrogen) atoms. The summed E-state index contributed by atoms with van der Waals surface area (Å²) in [4.78, 5) is 8.48. The van der Waals surface area contributed by atoms with Crippen molar-refractivity contribution in [2.45, 2.75) is 19.0 Å². The maximum atomic E-state index is 12.9. The van der Waals surface area contributed by atoms with E-state index in [-0.39, 0.29) is 5.75 Å². The fourth-order valence-electron chi connectivity index (χ4n) is 3.71. The van der Waals surface area contributed by atoms with Crippen LogP contribution in [0.1, 0.15) is 18.4 Å². The molecule has 4 N–H and O–H groups in total. The predicted octanol–water partition coefficient (Wildman–Crippen LogP) is 4.95. The Kier molecular flexibility index (Phi) is 6.45. The van der Waals surface area contributed by atoms with Gasteiger partial charge in [-0.2, -0.15) is 13.2 Å². The van der Waals surface area contributed by atoms with Crippen LogP contribution in [0.5, 0.6) is 11.5 Å². The number of anilines is 2. The molecule has 6 nitrogen and oxygen atoms in total. The Morgan fingerprint density at radius 3 is 2.50 bits per heavy atom. The van der Waals surface area contributed by atoms with Gasteiger partial charge in [-0.05, 0) is 67.7 Å². The molecule has 9 heteroatoms. The predicted molar refractivity (Wildman–Crippen MR) is 117 cm³/mol. The summed E-state index contributed by atoms with van der Waals surface area (Å²) in [6.45, 7) is 2.82. The van der Waals surface area contributed by atoms with Crippen molar-refractivity contribution in [3.63, 3.8) is 0 Å². The van der Waals surface area contributed by atoms with Crippen LogP contribution in [-0.2, 0) is 6.18 Å². The second-order valence-corrected chi connectivity index (χ2v) is 7.71. The van der Waals surface area contributed by atoms with Gasteiger partial charge in [-0.25, -0.2) is 9.97 Å². The molecule has 1 aliphatic rings. The molecular weight excluding hydrogens is 419 g/mol. The Morgan fingerprint density at radius 2 is 1.78 bits per heavy atom. The molecule has 0 aliphatic carbocycles. The number of hydrogen-bond acceptors (Lipinski definition) is 6. The molecule has 2 aromatic carbocycles. The van der Waals surface area contributed by atoms with Crippen LogP contribution < -0.4 is 21.1 Å². The van der Waals surface area contributed by atoms with E-state index in [2.05, 4.69) is 20.6 Å². The lowest BCUT2D eigenvalue weighted by Crippen LogP contribution is -2.31. The van der Waals surface area contributed by atoms with Crippen LogP contribution in [0.2, 0.25) is 0 Å². The number of hydrogen-bond donors (Lipinski definition) is 3. The van der Waals surface area contributed by atoms with Crippen LogP contribution in [0.4, 0.5) is 24.8 Å². The van der Waals surface area contributed by atoms with Crippen LogP contribution in [-0.4, -0.2) is 29.6 Å². The Morgan fingerprint density at radius 1 is 1.03 bits per heavy atom. The van der Waals surface area contributed by atoms with E-state index in [1.165, 1.54) is 18.5 Å². The molecule has 168 valence electrons. The SMILES string of the molecule is Nc1ncnc(NCC2CCNCC2)c1-c1ccc(Oc2cccc(C(F)(F)F)c2)cc1. The normalized spacial score (nSPS) is 14.8. The first kappa shape index (κ1) is 21.9. The Labute approximate surface area is 184 Å². The Bertz CT molecular complexity index is 1050. The molecule has 0 unspecified atom stereocenters. The Hall–Kier alpha value is -3.33. The van der Waals surface area contributed by atoms with Gasteiger partial charge in [0.05, 0.1) is 11.1 Å². The minimum atomic E-state index is -4.42. The number of piperidine rings is 1. The molecule has 0 atom stereocenters. The van der Waals surface area contributed by atoms with Crippen LogP contribution in [0, 0.1) is 5.92 Å². The first-order valence-electron chi connectivity index (χ1n) is 10.4. The molecule has 2 heterocycles. The van der Waals surface area contributed by atoms with E-state index >= 15 is 0 Å². The molecule has 0 saturated carbocycles. The van der Waals surface area contributed by atoms with Crippen LogP contribution in [0.15, 0.2) is 54.9 Å². The second-order valence-electron chi connectivity index (χ2n) is 7.71. The summed E-state index contributed by atoms with van der Waals surface area (Å²) in [6, 6.07) is 11.7. The fourth-order valence-corrected chi connectivity index (χ4v) is 3.71. The van der Waals surface area contributed by atoms with Gasteiger partial charge in [0.25, 0.3) is 0 Å². The molecular formula is C23H24F3N5O. The van der Waals surface area contributed by atoms with Crippen molar-refractivity contribution >= 4 is 11.6 Å². The zero-order chi connectivity index (χ0) is 22.6. The molecule has 3 aromatic rings. The van der Waals surface area contributed by atoms with E-state index in [0.29, 0.717) is 28.9 Å². The van der Waals surface area contributed by atoms with Gasteiger partial charge in [0.2, 0.25) is 0 Å². The zero-order valence-electron chi connectivity index (χ0n) is 17.3. The maximum Gasteiger partial charge on any atom is 0.416 e. The van der Waals surface area contributed by atoms with Crippen LogP contribution >= 0.6 is 0 Å². The zero-order valence-corrected chi connectivity index (χ0v) is 17.3. The maximum absolute atomic E-state index is 12.9. The molecule has 1 saturated heterocycles. The highest BCUT2D eigenvalue weighted by molar-refractivity contribution is 5.83. The Balaban J connectivity index is 1.50. The standard InChI is InChI=1S/C23H24F3N5O/c24-23(25,26)17-2-1-3-19(12-17)32-18-6-4-16(5-7-18)20-21(27)30-14-31-22(20)29-13-15-8-10-28-11-9-15/h1-7,12,14-15,28H,8-11,13H2,(H3,27,29,30,31). The molecule has 0 amide bonds. The largest absolute Gasteiger partial charge is 0.457 e. The highest BCUT2D eigenvalue weighted by Gasteiger charge is 2.30. The van der Waals surface area contributed by atoms with Gasteiger partial charge in [-0.1, -0.05) is 18.2 Å². The summed E-state index contributed by atoms with van der Waals surface area (Å²) in [5.74, 6) is 2.08. The topological polar surface area (TPSA) is 85.1 Å². The second kappa shape index (κ2) is 9.44. The third-order valence-corrected chi connectivity index (χ3v) is 5.43. The summed E-state index contributed by atoms with van der Waals surface area (Å²) in [5, 5.41) is 6.75. The van der Waals surface area contributed by atoms with Crippen LogP contribution in [0.3, 0.4) is 0 Å². The molecule has 0 radical (unpaired) electrons. The van der Waals surface area contributed by atoms with Gasteiger partial charge in [0.1, 0.15) is 29.5 Å². The van der Waals surface area contributed by atoms with Gasteiger partial charge in [0.15, 0.2) is 0 Å². The quantitative estimate of drug-likeness (QED) is 0.500. The summed E-state index contributed by atoms with van der Waals surface area (Å²) < 4.78 is 44.4. The third-order valence-electron chi connectivity index (χ3n) is 5.43. The van der Waals surface area contributed by atoms with E-state index in [9.17, 15) is 13.2 Å². The van der Waals surface area contributed by atoms with Crippen LogP contribution in [0.25, 0.3) is 11.1 Å². The van der Waals surface area contributed by atoms with Crippen molar-refractivity contribution in [2.75, 3.05) is 30.7 Å². The van der Waals surface area contributed by atoms with Gasteiger partial charge < -0.3 is 21.1 Å². The molecule has 1 fully saturated rings. The van der Waals surface area contributed by atoms with Gasteiger partial charge in [-0.3, -0.25) is 0 Å². The number of nitrogens with two attached hydrogens (primary N) is 1. The number of halogens is 3. The number of ether oxygens (including phenoxy) is 1. The average Bonchev–Trinajstić information content (AvgIpc) is 2.79. The highest BCUT2D eigenvalue weighted by atomic mass is 19.4. The van der Waals surface area contributed by atoms with Gasteiger partial charge in [0, 0.05) is 6.54 Å². The van der Waals surface area contributed by atoms with Crippen molar-refractivity contribution in [2.24, 2.45) is 5.92 Å². The van der Waals surface area contributed by atoms with Gasteiger partial charge in [-0.15, -0.1) is 0 Å². The summed E-state index contributed by atoms with van der Waals surface area (Å²) in [5.41, 5.74) is 6.85. The highest BCUT2D eigenvalue weighted by Crippen LogP contribution is 2.35.